The fourth-order valence-electron chi connectivity index (χ4n) is 2.48. The van der Waals surface area contributed by atoms with Crippen LogP contribution in [-0.2, 0) is 14.3 Å². The fraction of sp³-hybridized carbons (Fsp3) is 0.471. The second-order valence-electron chi connectivity index (χ2n) is 6.11. The largest absolute Gasteiger partial charge is 0.480 e. The molecule has 1 aliphatic rings. The average Bonchev–Trinajstić information content (AvgIpc) is 3.06. The predicted molar refractivity (Wildman–Crippen MR) is 87.8 cm³/mol. The van der Waals surface area contributed by atoms with Gasteiger partial charge in [0.15, 0.2) is 0 Å². The van der Waals surface area contributed by atoms with Gasteiger partial charge in [-0.3, -0.25) is 9.59 Å². The Morgan fingerprint density at radius 1 is 1.29 bits per heavy atom. The number of benzene rings is 1. The lowest BCUT2D eigenvalue weighted by Crippen LogP contribution is -2.44. The van der Waals surface area contributed by atoms with Crippen molar-refractivity contribution in [3.8, 4) is 0 Å². The topological polar surface area (TPSA) is 105 Å². The van der Waals surface area contributed by atoms with Gasteiger partial charge in [-0.25, -0.2) is 4.79 Å². The minimum absolute atomic E-state index is 0.240. The maximum absolute atomic E-state index is 12.2. The van der Waals surface area contributed by atoms with Crippen LogP contribution in [0.25, 0.3) is 0 Å². The summed E-state index contributed by atoms with van der Waals surface area (Å²) in [4.78, 5) is 35.5. The Labute approximate surface area is 140 Å². The van der Waals surface area contributed by atoms with E-state index in [0.717, 1.165) is 6.42 Å². The van der Waals surface area contributed by atoms with Crippen LogP contribution in [-0.4, -0.2) is 41.6 Å². The molecule has 1 unspecified atom stereocenters. The molecule has 24 heavy (non-hydrogen) atoms. The molecule has 0 aliphatic carbocycles. The molecule has 0 radical (unpaired) electrons. The zero-order chi connectivity index (χ0) is 17.7. The van der Waals surface area contributed by atoms with Crippen molar-refractivity contribution in [3.63, 3.8) is 0 Å². The number of amides is 2. The zero-order valence-electron chi connectivity index (χ0n) is 13.7. The normalized spacial score (nSPS) is 18.2. The summed E-state index contributed by atoms with van der Waals surface area (Å²) in [6.45, 7) is 4.01. The van der Waals surface area contributed by atoms with Crippen LogP contribution in [0, 0.1) is 5.92 Å². The smallest absolute Gasteiger partial charge is 0.326 e. The van der Waals surface area contributed by atoms with Crippen LogP contribution in [0.1, 0.15) is 37.0 Å². The van der Waals surface area contributed by atoms with Gasteiger partial charge in [0.1, 0.15) is 12.1 Å². The SMILES string of the molecule is CC(C)[C@@H](NC(=O)c1cccc(NC(=O)C2CCCO2)c1)C(=O)O. The molecule has 2 rings (SSSR count). The molecule has 1 aromatic carbocycles. The van der Waals surface area contributed by atoms with Crippen LogP contribution in [0.15, 0.2) is 24.3 Å². The Morgan fingerprint density at radius 3 is 2.62 bits per heavy atom. The van der Waals surface area contributed by atoms with E-state index in [1.807, 2.05) is 0 Å². The molecule has 1 saturated heterocycles. The number of ether oxygens (including phenoxy) is 1. The molecular weight excluding hydrogens is 312 g/mol. The van der Waals surface area contributed by atoms with Crippen molar-refractivity contribution in [3.05, 3.63) is 29.8 Å². The van der Waals surface area contributed by atoms with E-state index in [1.54, 1.807) is 32.0 Å². The quantitative estimate of drug-likeness (QED) is 0.733. The highest BCUT2D eigenvalue weighted by Gasteiger charge is 2.25. The summed E-state index contributed by atoms with van der Waals surface area (Å²) in [5, 5.41) is 14.4. The Bertz CT molecular complexity index is 623. The van der Waals surface area contributed by atoms with Gasteiger partial charge in [-0.05, 0) is 37.0 Å². The average molecular weight is 334 g/mol. The summed E-state index contributed by atoms with van der Waals surface area (Å²) in [5.41, 5.74) is 0.756. The molecule has 7 nitrogen and oxygen atoms in total. The van der Waals surface area contributed by atoms with Crippen LogP contribution in [0.4, 0.5) is 5.69 Å². The number of carbonyl (C=O) groups excluding carboxylic acids is 2. The third-order valence-corrected chi connectivity index (χ3v) is 3.83. The minimum Gasteiger partial charge on any atom is -0.480 e. The Hall–Kier alpha value is -2.41. The number of anilines is 1. The van der Waals surface area contributed by atoms with Gasteiger partial charge in [0, 0.05) is 17.9 Å². The molecule has 1 aromatic rings. The molecule has 1 fully saturated rings. The third-order valence-electron chi connectivity index (χ3n) is 3.83. The molecule has 1 heterocycles. The lowest BCUT2D eigenvalue weighted by atomic mass is 10.0. The van der Waals surface area contributed by atoms with Crippen molar-refractivity contribution in [1.29, 1.82) is 0 Å². The molecule has 0 bridgehead atoms. The summed E-state index contributed by atoms with van der Waals surface area (Å²) >= 11 is 0. The second-order valence-corrected chi connectivity index (χ2v) is 6.11. The summed E-state index contributed by atoms with van der Waals surface area (Å²) in [5.74, 6) is -2.06. The minimum atomic E-state index is -1.08. The molecule has 0 saturated carbocycles. The first-order valence-electron chi connectivity index (χ1n) is 7.94. The van der Waals surface area contributed by atoms with Gasteiger partial charge in [-0.2, -0.15) is 0 Å². The molecule has 2 amide bonds. The van der Waals surface area contributed by atoms with Crippen LogP contribution in [0.3, 0.4) is 0 Å². The maximum atomic E-state index is 12.2. The van der Waals surface area contributed by atoms with Crippen LogP contribution >= 0.6 is 0 Å². The Kier molecular flexibility index (Phi) is 5.92. The number of carboxylic acids is 1. The zero-order valence-corrected chi connectivity index (χ0v) is 13.7. The van der Waals surface area contributed by atoms with E-state index in [0.29, 0.717) is 18.7 Å². The maximum Gasteiger partial charge on any atom is 0.326 e. The van der Waals surface area contributed by atoms with E-state index in [2.05, 4.69) is 10.6 Å². The van der Waals surface area contributed by atoms with E-state index >= 15 is 0 Å². The van der Waals surface area contributed by atoms with Gasteiger partial charge in [0.25, 0.3) is 11.8 Å². The standard InChI is InChI=1S/C17H22N2O5/c1-10(2)14(17(22)23)19-15(20)11-5-3-6-12(9-11)18-16(21)13-7-4-8-24-13/h3,5-6,9-10,13-14H,4,7-8H2,1-2H3,(H,18,21)(H,19,20)(H,22,23)/t13?,14-/m1/s1. The van der Waals surface area contributed by atoms with Crippen molar-refractivity contribution in [2.24, 2.45) is 5.92 Å². The van der Waals surface area contributed by atoms with Gasteiger partial charge < -0.3 is 20.5 Å². The second kappa shape index (κ2) is 7.92. The molecule has 2 atom stereocenters. The van der Waals surface area contributed by atoms with Crippen LogP contribution < -0.4 is 10.6 Å². The van der Waals surface area contributed by atoms with Crippen molar-refractivity contribution in [2.45, 2.75) is 38.8 Å². The van der Waals surface area contributed by atoms with Crippen LogP contribution in [0.2, 0.25) is 0 Å². The van der Waals surface area contributed by atoms with E-state index in [-0.39, 0.29) is 17.4 Å². The highest BCUT2D eigenvalue weighted by molar-refractivity contribution is 5.99. The van der Waals surface area contributed by atoms with Crippen molar-refractivity contribution in [2.75, 3.05) is 11.9 Å². The van der Waals surface area contributed by atoms with Crippen LogP contribution in [0.5, 0.6) is 0 Å². The number of carbonyl (C=O) groups is 3. The van der Waals surface area contributed by atoms with E-state index < -0.39 is 24.0 Å². The number of hydrogen-bond acceptors (Lipinski definition) is 4. The highest BCUT2D eigenvalue weighted by Crippen LogP contribution is 2.16. The monoisotopic (exact) mass is 334 g/mol. The summed E-state index contributed by atoms with van der Waals surface area (Å²) in [6, 6.07) is 5.41. The summed E-state index contributed by atoms with van der Waals surface area (Å²) in [6.07, 6.45) is 1.08. The van der Waals surface area contributed by atoms with E-state index in [4.69, 9.17) is 9.84 Å². The lowest BCUT2D eigenvalue weighted by Gasteiger charge is -2.18. The fourth-order valence-corrected chi connectivity index (χ4v) is 2.48. The van der Waals surface area contributed by atoms with Crippen molar-refractivity contribution < 1.29 is 24.2 Å². The number of hydrogen-bond donors (Lipinski definition) is 3. The number of aliphatic carboxylic acids is 1. The van der Waals surface area contributed by atoms with Crippen molar-refractivity contribution >= 4 is 23.5 Å². The predicted octanol–water partition coefficient (Wildman–Crippen LogP) is 1.64. The third kappa shape index (κ3) is 4.55. The molecule has 0 spiro atoms. The van der Waals surface area contributed by atoms with Gasteiger partial charge >= 0.3 is 5.97 Å². The highest BCUT2D eigenvalue weighted by atomic mass is 16.5. The van der Waals surface area contributed by atoms with Gasteiger partial charge in [-0.1, -0.05) is 19.9 Å². The summed E-state index contributed by atoms with van der Waals surface area (Å²) < 4.78 is 5.31. The molecule has 7 heteroatoms. The molecule has 0 aromatic heterocycles. The molecule has 1 aliphatic heterocycles. The lowest BCUT2D eigenvalue weighted by molar-refractivity contribution is -0.140. The van der Waals surface area contributed by atoms with E-state index in [1.165, 1.54) is 6.07 Å². The summed E-state index contributed by atoms with van der Waals surface area (Å²) in [7, 11) is 0. The first-order valence-corrected chi connectivity index (χ1v) is 7.94. The van der Waals surface area contributed by atoms with Crippen molar-refractivity contribution in [1.82, 2.24) is 5.32 Å². The number of carboxylic acid groups (broad SMARTS) is 1. The first-order chi connectivity index (χ1) is 11.4. The van der Waals surface area contributed by atoms with Gasteiger partial charge in [-0.15, -0.1) is 0 Å². The first kappa shape index (κ1) is 17.9. The molecule has 3 N–H and O–H groups in total. The molecule has 130 valence electrons. The van der Waals surface area contributed by atoms with Gasteiger partial charge in [0.2, 0.25) is 0 Å². The Morgan fingerprint density at radius 2 is 2.04 bits per heavy atom. The number of nitrogens with one attached hydrogen (secondary N) is 2. The van der Waals surface area contributed by atoms with Gasteiger partial charge in [0.05, 0.1) is 0 Å². The Balaban J connectivity index is 2.04. The molecular formula is C17H22N2O5. The number of rotatable bonds is 6. The van der Waals surface area contributed by atoms with E-state index in [9.17, 15) is 14.4 Å².